The number of allylic oxidation sites excluding steroid dienone is 3. The van der Waals surface area contributed by atoms with E-state index in [-0.39, 0.29) is 17.5 Å². The van der Waals surface area contributed by atoms with Crippen LogP contribution in [0.25, 0.3) is 5.57 Å². The van der Waals surface area contributed by atoms with Crippen LogP contribution in [0.3, 0.4) is 0 Å². The summed E-state index contributed by atoms with van der Waals surface area (Å²) in [5.41, 5.74) is 5.42. The summed E-state index contributed by atoms with van der Waals surface area (Å²) in [5.74, 6) is -2.71. The lowest BCUT2D eigenvalue weighted by atomic mass is 9.85. The van der Waals surface area contributed by atoms with Gasteiger partial charge in [0.15, 0.2) is 0 Å². The molecule has 186 valence electrons. The van der Waals surface area contributed by atoms with Crippen molar-refractivity contribution in [3.63, 3.8) is 0 Å². The summed E-state index contributed by atoms with van der Waals surface area (Å²) >= 11 is 0. The van der Waals surface area contributed by atoms with E-state index in [1.54, 1.807) is 0 Å². The maximum absolute atomic E-state index is 13.6. The van der Waals surface area contributed by atoms with Crippen LogP contribution in [0, 0.1) is 37.5 Å². The van der Waals surface area contributed by atoms with Crippen molar-refractivity contribution < 1.29 is 22.8 Å². The van der Waals surface area contributed by atoms with Crippen molar-refractivity contribution >= 4 is 23.1 Å². The Kier molecular flexibility index (Phi) is 5.26. The predicted octanol–water partition coefficient (Wildman–Crippen LogP) is 6.75. The molecule has 6 heteroatoms. The number of alkyl halides is 3. The smallest absolute Gasteiger partial charge is 0.274 e. The first-order chi connectivity index (χ1) is 17.6. The number of anilines is 1. The van der Waals surface area contributed by atoms with Gasteiger partial charge in [-0.25, -0.2) is 4.90 Å². The Bertz CT molecular complexity index is 1400. The summed E-state index contributed by atoms with van der Waals surface area (Å²) in [6, 6.07) is 20.9. The molecule has 3 nitrogen and oxygen atoms in total. The number of imide groups is 1. The molecular weight excluding hydrogens is 475 g/mol. The largest absolute Gasteiger partial charge is 0.416 e. The fourth-order valence-electron chi connectivity index (χ4n) is 6.11. The molecule has 37 heavy (non-hydrogen) atoms. The van der Waals surface area contributed by atoms with Crippen molar-refractivity contribution in [1.29, 1.82) is 0 Å². The molecule has 3 aromatic carbocycles. The molecule has 1 saturated heterocycles. The van der Waals surface area contributed by atoms with Crippen LogP contribution >= 0.6 is 0 Å². The van der Waals surface area contributed by atoms with Crippen LogP contribution in [0.4, 0.5) is 18.9 Å². The molecule has 2 bridgehead atoms. The van der Waals surface area contributed by atoms with Gasteiger partial charge < -0.3 is 0 Å². The first kappa shape index (κ1) is 23.5. The van der Waals surface area contributed by atoms with E-state index in [1.165, 1.54) is 12.1 Å². The number of rotatable bonds is 3. The van der Waals surface area contributed by atoms with E-state index in [2.05, 4.69) is 24.3 Å². The van der Waals surface area contributed by atoms with Crippen LogP contribution in [-0.2, 0) is 15.8 Å². The normalized spacial score (nSPS) is 24.2. The Morgan fingerprint density at radius 3 is 1.68 bits per heavy atom. The number of hydrogen-bond acceptors (Lipinski definition) is 2. The van der Waals surface area contributed by atoms with Gasteiger partial charge in [0.25, 0.3) is 0 Å². The number of carbonyl (C=O) groups is 2. The third-order valence-corrected chi connectivity index (χ3v) is 7.82. The van der Waals surface area contributed by atoms with Gasteiger partial charge in [-0.3, -0.25) is 9.59 Å². The zero-order valence-electron chi connectivity index (χ0n) is 20.3. The second-order valence-electron chi connectivity index (χ2n) is 10.1. The average molecular weight is 500 g/mol. The molecule has 2 amide bonds. The minimum atomic E-state index is -4.56. The van der Waals surface area contributed by atoms with Crippen LogP contribution < -0.4 is 4.90 Å². The lowest BCUT2D eigenvalue weighted by Gasteiger charge is -2.22. The number of carbonyl (C=O) groups excluding carboxylic acids is 2. The minimum Gasteiger partial charge on any atom is -0.274 e. The molecule has 0 N–H and O–H groups in total. The van der Waals surface area contributed by atoms with Gasteiger partial charge in [0.1, 0.15) is 0 Å². The third-order valence-electron chi connectivity index (χ3n) is 7.82. The van der Waals surface area contributed by atoms with E-state index in [0.29, 0.717) is 0 Å². The standard InChI is InChI=1S/C31H24F3NO2/c1-17-6-10-19(11-7-17)25(20-12-8-18(2)9-13-20)26-23-14-15-24(26)28-27(23)29(36)35(30(28)37)22-5-3-4-21(16-22)31(32,33)34/h3-16,23-24,27-28H,1-2H3/t23-,24+,27-,28-/m1/s1. The maximum atomic E-state index is 13.6. The molecule has 2 aliphatic carbocycles. The summed E-state index contributed by atoms with van der Waals surface area (Å²) in [4.78, 5) is 28.3. The zero-order valence-corrected chi connectivity index (χ0v) is 20.3. The highest BCUT2D eigenvalue weighted by Gasteiger charge is 2.62. The minimum absolute atomic E-state index is 0.0264. The van der Waals surface area contributed by atoms with E-state index in [0.717, 1.165) is 50.4 Å². The van der Waals surface area contributed by atoms with Crippen molar-refractivity contribution in [1.82, 2.24) is 0 Å². The van der Waals surface area contributed by atoms with Gasteiger partial charge in [-0.1, -0.05) is 77.9 Å². The Balaban J connectivity index is 1.46. The molecule has 1 aliphatic heterocycles. The number of fused-ring (bicyclic) bond motifs is 5. The molecule has 1 heterocycles. The van der Waals surface area contributed by atoms with Gasteiger partial charge in [0, 0.05) is 11.8 Å². The average Bonchev–Trinajstić information content (AvgIpc) is 3.50. The molecule has 3 aromatic rings. The van der Waals surface area contributed by atoms with Crippen molar-refractivity contribution in [2.24, 2.45) is 23.7 Å². The zero-order chi connectivity index (χ0) is 26.1. The second-order valence-corrected chi connectivity index (χ2v) is 10.1. The Morgan fingerprint density at radius 1 is 0.730 bits per heavy atom. The number of hydrogen-bond donors (Lipinski definition) is 0. The Morgan fingerprint density at radius 2 is 1.22 bits per heavy atom. The highest BCUT2D eigenvalue weighted by molar-refractivity contribution is 6.23. The van der Waals surface area contributed by atoms with Gasteiger partial charge in [-0.15, -0.1) is 0 Å². The molecule has 1 saturated carbocycles. The molecule has 3 aliphatic rings. The summed E-state index contributed by atoms with van der Waals surface area (Å²) in [6.45, 7) is 4.04. The van der Waals surface area contributed by atoms with Gasteiger partial charge in [-0.05, 0) is 54.3 Å². The molecule has 2 fully saturated rings. The first-order valence-electron chi connectivity index (χ1n) is 12.3. The predicted molar refractivity (Wildman–Crippen MR) is 135 cm³/mol. The highest BCUT2D eigenvalue weighted by atomic mass is 19.4. The molecule has 0 spiro atoms. The van der Waals surface area contributed by atoms with Crippen LogP contribution in [0.2, 0.25) is 0 Å². The number of nitrogens with zero attached hydrogens (tertiary/aromatic N) is 1. The van der Waals surface area contributed by atoms with Crippen LogP contribution in [0.1, 0.15) is 27.8 Å². The molecule has 0 radical (unpaired) electrons. The van der Waals surface area contributed by atoms with Crippen molar-refractivity contribution in [3.8, 4) is 0 Å². The van der Waals surface area contributed by atoms with Gasteiger partial charge in [0.2, 0.25) is 11.8 Å². The molecule has 0 aromatic heterocycles. The van der Waals surface area contributed by atoms with Crippen molar-refractivity contribution in [3.05, 3.63) is 118 Å². The van der Waals surface area contributed by atoms with Crippen LogP contribution in [0.5, 0.6) is 0 Å². The Labute approximate surface area is 212 Å². The third kappa shape index (κ3) is 3.66. The van der Waals surface area contributed by atoms with Gasteiger partial charge in [-0.2, -0.15) is 13.2 Å². The van der Waals surface area contributed by atoms with E-state index in [4.69, 9.17) is 0 Å². The topological polar surface area (TPSA) is 37.4 Å². The number of aryl methyl sites for hydroxylation is 2. The first-order valence-corrected chi connectivity index (χ1v) is 12.3. The lowest BCUT2D eigenvalue weighted by molar-refractivity contribution is -0.137. The summed E-state index contributed by atoms with van der Waals surface area (Å²) in [7, 11) is 0. The Hall–Kier alpha value is -3.93. The number of amides is 2. The van der Waals surface area contributed by atoms with Gasteiger partial charge in [0.05, 0.1) is 23.1 Å². The van der Waals surface area contributed by atoms with E-state index >= 15 is 0 Å². The summed E-state index contributed by atoms with van der Waals surface area (Å²) in [5, 5.41) is 0. The van der Waals surface area contributed by atoms with Gasteiger partial charge >= 0.3 is 6.18 Å². The fraction of sp³-hybridized carbons (Fsp3) is 0.226. The molecule has 4 atom stereocenters. The van der Waals surface area contributed by atoms with E-state index in [1.807, 2.05) is 50.3 Å². The quantitative estimate of drug-likeness (QED) is 0.295. The lowest BCUT2D eigenvalue weighted by Crippen LogP contribution is -2.33. The monoisotopic (exact) mass is 499 g/mol. The van der Waals surface area contributed by atoms with E-state index < -0.39 is 35.4 Å². The van der Waals surface area contributed by atoms with Crippen molar-refractivity contribution in [2.45, 2.75) is 20.0 Å². The van der Waals surface area contributed by atoms with Crippen LogP contribution in [-0.4, -0.2) is 11.8 Å². The molecule has 6 rings (SSSR count). The maximum Gasteiger partial charge on any atom is 0.416 e. The second kappa shape index (κ2) is 8.30. The molecular formula is C31H24F3NO2. The highest BCUT2D eigenvalue weighted by Crippen LogP contribution is 2.59. The number of halogens is 3. The summed E-state index contributed by atoms with van der Waals surface area (Å²) in [6.07, 6.45) is -0.583. The SMILES string of the molecule is Cc1ccc(C(=C2[C@H]3C=C[C@@H]2[C@H]2C(=O)N(c4cccc(C(F)(F)F)c4)C(=O)[C@@H]23)c2ccc(C)cc2)cc1. The fourth-order valence-corrected chi connectivity index (χ4v) is 6.11. The van der Waals surface area contributed by atoms with Crippen LogP contribution in [0.15, 0.2) is 90.5 Å². The number of benzene rings is 3. The summed E-state index contributed by atoms with van der Waals surface area (Å²) < 4.78 is 40.0. The van der Waals surface area contributed by atoms with E-state index in [9.17, 15) is 22.8 Å². The van der Waals surface area contributed by atoms with Crippen molar-refractivity contribution in [2.75, 3.05) is 4.90 Å². The molecule has 0 unspecified atom stereocenters.